The molecule has 0 fully saturated rings. The molecular weight excluding hydrogens is 226 g/mol. The molecule has 2 N–H and O–H groups in total. The Morgan fingerprint density at radius 3 is 2.29 bits per heavy atom. The molecule has 1 heterocycles. The molecule has 1 aromatic carbocycles. The Hall–Kier alpha value is -1.28. The number of thiophene rings is 1. The number of anilines is 1. The molecule has 0 saturated carbocycles. The van der Waals surface area contributed by atoms with E-state index in [0.29, 0.717) is 0 Å². The highest BCUT2D eigenvalue weighted by Gasteiger charge is 2.17. The average Bonchev–Trinajstić information content (AvgIpc) is 2.65. The number of nitrogens with two attached hydrogens (primary N) is 1. The zero-order chi connectivity index (χ0) is 12.6. The Balaban J connectivity index is 2.44. The number of hydrogen-bond acceptors (Lipinski definition) is 2. The Kier molecular flexibility index (Phi) is 3.00. The van der Waals surface area contributed by atoms with Crippen molar-refractivity contribution in [2.24, 2.45) is 0 Å². The molecule has 0 bridgehead atoms. The van der Waals surface area contributed by atoms with Crippen molar-refractivity contribution in [3.8, 4) is 10.4 Å². The lowest BCUT2D eigenvalue weighted by Gasteiger charge is -2.15. The van der Waals surface area contributed by atoms with Crippen molar-refractivity contribution < 1.29 is 0 Å². The van der Waals surface area contributed by atoms with E-state index in [1.807, 2.05) is 17.4 Å². The van der Waals surface area contributed by atoms with Crippen molar-refractivity contribution in [1.29, 1.82) is 0 Å². The van der Waals surface area contributed by atoms with Crippen LogP contribution in [0.25, 0.3) is 10.4 Å². The third kappa shape index (κ3) is 2.52. The molecule has 0 atom stereocenters. The van der Waals surface area contributed by atoms with Crippen LogP contribution >= 0.6 is 11.3 Å². The monoisotopic (exact) mass is 245 g/mol. The third-order valence-electron chi connectivity index (χ3n) is 2.82. The smallest absolute Gasteiger partial charge is 0.0404 e. The van der Waals surface area contributed by atoms with Crippen molar-refractivity contribution in [3.05, 3.63) is 40.8 Å². The average molecular weight is 245 g/mol. The molecule has 1 nitrogen and oxygen atoms in total. The predicted octanol–water partition coefficient (Wildman–Crippen LogP) is 4.60. The fraction of sp³-hybridized carbons (Fsp3) is 0.333. The lowest BCUT2D eigenvalue weighted by Crippen LogP contribution is -2.07. The van der Waals surface area contributed by atoms with Crippen LogP contribution in [0.15, 0.2) is 30.3 Å². The summed E-state index contributed by atoms with van der Waals surface area (Å²) in [6, 6.07) is 10.6. The minimum absolute atomic E-state index is 0.211. The van der Waals surface area contributed by atoms with Gasteiger partial charge in [0.05, 0.1) is 0 Å². The van der Waals surface area contributed by atoms with Crippen LogP contribution in [-0.2, 0) is 5.41 Å². The van der Waals surface area contributed by atoms with E-state index >= 15 is 0 Å². The molecule has 2 rings (SSSR count). The highest BCUT2D eigenvalue weighted by Crippen LogP contribution is 2.37. The fourth-order valence-electron chi connectivity index (χ4n) is 1.79. The topological polar surface area (TPSA) is 26.0 Å². The Labute approximate surface area is 107 Å². The number of rotatable bonds is 1. The second-order valence-electron chi connectivity index (χ2n) is 5.50. The van der Waals surface area contributed by atoms with Crippen molar-refractivity contribution in [1.82, 2.24) is 0 Å². The molecule has 0 radical (unpaired) electrons. The van der Waals surface area contributed by atoms with Gasteiger partial charge in [0.15, 0.2) is 0 Å². The molecule has 2 aromatic rings. The van der Waals surface area contributed by atoms with E-state index in [1.165, 1.54) is 15.3 Å². The summed E-state index contributed by atoms with van der Waals surface area (Å²) < 4.78 is 0. The van der Waals surface area contributed by atoms with E-state index in [1.54, 1.807) is 0 Å². The van der Waals surface area contributed by atoms with Gasteiger partial charge in [-0.15, -0.1) is 11.3 Å². The van der Waals surface area contributed by atoms with Gasteiger partial charge in [-0.2, -0.15) is 0 Å². The standard InChI is InChI=1S/C15H19NS/c1-10-5-6-11(12(16)9-10)13-7-8-14(17-13)15(2,3)4/h5-9H,16H2,1-4H3. The van der Waals surface area contributed by atoms with Crippen LogP contribution in [0.3, 0.4) is 0 Å². The van der Waals surface area contributed by atoms with Crippen LogP contribution in [0.5, 0.6) is 0 Å². The van der Waals surface area contributed by atoms with Gasteiger partial charge in [0.1, 0.15) is 0 Å². The maximum absolute atomic E-state index is 6.08. The zero-order valence-corrected chi connectivity index (χ0v) is 11.7. The molecule has 0 aliphatic heterocycles. The molecule has 0 aliphatic carbocycles. The van der Waals surface area contributed by atoms with E-state index in [4.69, 9.17) is 5.73 Å². The van der Waals surface area contributed by atoms with Crippen molar-refractivity contribution in [2.75, 3.05) is 5.73 Å². The summed E-state index contributed by atoms with van der Waals surface area (Å²) >= 11 is 1.83. The van der Waals surface area contributed by atoms with Crippen LogP contribution in [0.4, 0.5) is 5.69 Å². The maximum Gasteiger partial charge on any atom is 0.0404 e. The van der Waals surface area contributed by atoms with Gasteiger partial charge >= 0.3 is 0 Å². The predicted molar refractivity (Wildman–Crippen MR) is 77.6 cm³/mol. The third-order valence-corrected chi connectivity index (χ3v) is 4.36. The van der Waals surface area contributed by atoms with Crippen LogP contribution in [0.1, 0.15) is 31.2 Å². The molecule has 0 amide bonds. The van der Waals surface area contributed by atoms with Crippen LogP contribution in [-0.4, -0.2) is 0 Å². The van der Waals surface area contributed by atoms with Gasteiger partial charge in [0.25, 0.3) is 0 Å². The summed E-state index contributed by atoms with van der Waals surface area (Å²) in [5, 5.41) is 0. The molecular formula is C15H19NS. The Morgan fingerprint density at radius 1 is 1.06 bits per heavy atom. The normalized spacial score (nSPS) is 11.8. The minimum Gasteiger partial charge on any atom is -0.398 e. The minimum atomic E-state index is 0.211. The maximum atomic E-state index is 6.08. The number of aryl methyl sites for hydroxylation is 1. The van der Waals surface area contributed by atoms with Gasteiger partial charge in [-0.1, -0.05) is 32.9 Å². The SMILES string of the molecule is Cc1ccc(-c2ccc(C(C)(C)C)s2)c(N)c1. The lowest BCUT2D eigenvalue weighted by atomic mass is 9.95. The molecule has 0 spiro atoms. The fourth-order valence-corrected chi connectivity index (χ4v) is 2.90. The van der Waals surface area contributed by atoms with E-state index in [0.717, 1.165) is 11.3 Å². The zero-order valence-electron chi connectivity index (χ0n) is 10.9. The molecule has 0 unspecified atom stereocenters. The first-order chi connectivity index (χ1) is 7.88. The van der Waals surface area contributed by atoms with E-state index in [2.05, 4.69) is 52.0 Å². The van der Waals surface area contributed by atoms with Gasteiger partial charge in [-0.25, -0.2) is 0 Å². The first-order valence-corrected chi connectivity index (χ1v) is 6.66. The molecule has 90 valence electrons. The van der Waals surface area contributed by atoms with Crippen LogP contribution < -0.4 is 5.73 Å². The Morgan fingerprint density at radius 2 is 1.76 bits per heavy atom. The van der Waals surface area contributed by atoms with Gasteiger partial charge in [-0.05, 0) is 36.1 Å². The summed E-state index contributed by atoms with van der Waals surface area (Å²) in [6.45, 7) is 8.78. The van der Waals surface area contributed by atoms with Gasteiger partial charge in [-0.3, -0.25) is 0 Å². The van der Waals surface area contributed by atoms with Crippen LogP contribution in [0, 0.1) is 6.92 Å². The van der Waals surface area contributed by atoms with Crippen molar-refractivity contribution >= 4 is 17.0 Å². The molecule has 2 heteroatoms. The van der Waals surface area contributed by atoms with E-state index < -0.39 is 0 Å². The van der Waals surface area contributed by atoms with Gasteiger partial charge in [0, 0.05) is 21.0 Å². The second-order valence-corrected chi connectivity index (χ2v) is 6.59. The highest BCUT2D eigenvalue weighted by atomic mass is 32.1. The molecule has 0 saturated heterocycles. The number of benzene rings is 1. The quantitative estimate of drug-likeness (QED) is 0.730. The van der Waals surface area contributed by atoms with Gasteiger partial charge in [0.2, 0.25) is 0 Å². The van der Waals surface area contributed by atoms with Crippen molar-refractivity contribution in [3.63, 3.8) is 0 Å². The van der Waals surface area contributed by atoms with E-state index in [-0.39, 0.29) is 5.41 Å². The number of hydrogen-bond donors (Lipinski definition) is 1. The molecule has 0 aliphatic rings. The van der Waals surface area contributed by atoms with E-state index in [9.17, 15) is 0 Å². The first kappa shape index (κ1) is 12.2. The highest BCUT2D eigenvalue weighted by molar-refractivity contribution is 7.15. The van der Waals surface area contributed by atoms with Gasteiger partial charge < -0.3 is 5.73 Å². The molecule has 1 aromatic heterocycles. The summed E-state index contributed by atoms with van der Waals surface area (Å²) in [5.74, 6) is 0. The molecule has 17 heavy (non-hydrogen) atoms. The van der Waals surface area contributed by atoms with Crippen molar-refractivity contribution in [2.45, 2.75) is 33.1 Å². The number of nitrogen functional groups attached to an aromatic ring is 1. The summed E-state index contributed by atoms with van der Waals surface area (Å²) in [6.07, 6.45) is 0. The Bertz CT molecular complexity index is 532. The first-order valence-electron chi connectivity index (χ1n) is 5.85. The van der Waals surface area contributed by atoms with Crippen LogP contribution in [0.2, 0.25) is 0 Å². The summed E-state index contributed by atoms with van der Waals surface area (Å²) in [4.78, 5) is 2.65. The summed E-state index contributed by atoms with van der Waals surface area (Å²) in [5.41, 5.74) is 9.51. The summed E-state index contributed by atoms with van der Waals surface area (Å²) in [7, 11) is 0. The second kappa shape index (κ2) is 4.19. The lowest BCUT2D eigenvalue weighted by molar-refractivity contribution is 0.604. The largest absolute Gasteiger partial charge is 0.398 e.